The van der Waals surface area contributed by atoms with Crippen molar-refractivity contribution < 1.29 is 14.1 Å². The molecular formula is C18H17N5O3. The zero-order chi connectivity index (χ0) is 18.2. The third-order valence-corrected chi connectivity index (χ3v) is 3.48. The number of pyridine rings is 1. The summed E-state index contributed by atoms with van der Waals surface area (Å²) in [5.74, 6) is 0.255. The van der Waals surface area contributed by atoms with Crippen LogP contribution in [0.5, 0.6) is 0 Å². The van der Waals surface area contributed by atoms with Crippen molar-refractivity contribution in [2.45, 2.75) is 12.8 Å². The number of nitrogens with zero attached hydrogens (tertiary/aromatic N) is 3. The minimum atomic E-state index is -0.290. The van der Waals surface area contributed by atoms with Gasteiger partial charge in [0, 0.05) is 36.5 Å². The highest BCUT2D eigenvalue weighted by atomic mass is 16.5. The van der Waals surface area contributed by atoms with Crippen LogP contribution in [0.4, 0.5) is 5.69 Å². The Morgan fingerprint density at radius 1 is 1.00 bits per heavy atom. The molecule has 0 spiro atoms. The van der Waals surface area contributed by atoms with E-state index in [1.807, 2.05) is 18.2 Å². The van der Waals surface area contributed by atoms with Crippen LogP contribution in [-0.4, -0.2) is 33.5 Å². The lowest BCUT2D eigenvalue weighted by Crippen LogP contribution is -2.32. The van der Waals surface area contributed by atoms with Gasteiger partial charge in [-0.1, -0.05) is 23.4 Å². The fraction of sp³-hybridized carbons (Fsp3) is 0.167. The number of hydrogen-bond donors (Lipinski definition) is 2. The Balaban J connectivity index is 1.42. The topological polar surface area (TPSA) is 110 Å². The molecule has 0 unspecified atom stereocenters. The fourth-order valence-electron chi connectivity index (χ4n) is 2.19. The Morgan fingerprint density at radius 3 is 2.54 bits per heavy atom. The average molecular weight is 351 g/mol. The molecule has 26 heavy (non-hydrogen) atoms. The van der Waals surface area contributed by atoms with Gasteiger partial charge in [0.25, 0.3) is 0 Å². The molecule has 3 rings (SSSR count). The lowest BCUT2D eigenvalue weighted by atomic mass is 10.2. The van der Waals surface area contributed by atoms with Crippen LogP contribution in [0, 0.1) is 0 Å². The van der Waals surface area contributed by atoms with Gasteiger partial charge < -0.3 is 15.2 Å². The van der Waals surface area contributed by atoms with Crippen molar-refractivity contribution in [3.63, 3.8) is 0 Å². The van der Waals surface area contributed by atoms with Gasteiger partial charge in [0.05, 0.1) is 6.54 Å². The summed E-state index contributed by atoms with van der Waals surface area (Å²) in [4.78, 5) is 31.8. The van der Waals surface area contributed by atoms with E-state index in [4.69, 9.17) is 4.52 Å². The molecule has 0 saturated carbocycles. The van der Waals surface area contributed by atoms with Crippen LogP contribution in [0.25, 0.3) is 11.4 Å². The van der Waals surface area contributed by atoms with E-state index in [1.165, 1.54) is 0 Å². The molecule has 0 fully saturated rings. The molecule has 2 aromatic heterocycles. The van der Waals surface area contributed by atoms with Gasteiger partial charge in [-0.05, 0) is 24.3 Å². The van der Waals surface area contributed by atoms with E-state index in [0.717, 1.165) is 5.56 Å². The second-order valence-electron chi connectivity index (χ2n) is 5.44. The Bertz CT molecular complexity index is 865. The van der Waals surface area contributed by atoms with Gasteiger partial charge in [-0.2, -0.15) is 4.98 Å². The largest absolute Gasteiger partial charge is 0.347 e. The van der Waals surface area contributed by atoms with Crippen molar-refractivity contribution in [3.8, 4) is 11.4 Å². The molecule has 2 heterocycles. The number of anilines is 1. The molecule has 0 aliphatic carbocycles. The maximum absolute atomic E-state index is 11.9. The highest BCUT2D eigenvalue weighted by Gasteiger charge is 2.11. The van der Waals surface area contributed by atoms with Gasteiger partial charge in [0.1, 0.15) is 0 Å². The third kappa shape index (κ3) is 4.97. The molecule has 2 N–H and O–H groups in total. The van der Waals surface area contributed by atoms with Crippen molar-refractivity contribution in [2.24, 2.45) is 0 Å². The molecule has 0 aliphatic rings. The number of carbonyl (C=O) groups excluding carboxylic acids is 2. The zero-order valence-corrected chi connectivity index (χ0v) is 13.9. The first kappa shape index (κ1) is 17.3. The minimum Gasteiger partial charge on any atom is -0.347 e. The second-order valence-corrected chi connectivity index (χ2v) is 5.44. The number of hydrogen-bond acceptors (Lipinski definition) is 6. The summed E-state index contributed by atoms with van der Waals surface area (Å²) in [7, 11) is 0. The van der Waals surface area contributed by atoms with Crippen LogP contribution in [0.15, 0.2) is 59.4 Å². The summed E-state index contributed by atoms with van der Waals surface area (Å²) in [5, 5.41) is 9.13. The molecule has 0 atom stereocenters. The first-order chi connectivity index (χ1) is 12.7. The lowest BCUT2D eigenvalue weighted by Gasteiger charge is -2.06. The Morgan fingerprint density at radius 2 is 1.77 bits per heavy atom. The van der Waals surface area contributed by atoms with Gasteiger partial charge >= 0.3 is 0 Å². The fourth-order valence-corrected chi connectivity index (χ4v) is 2.19. The number of rotatable bonds is 7. The molecule has 8 nitrogen and oxygen atoms in total. The first-order valence-corrected chi connectivity index (χ1v) is 8.05. The third-order valence-electron chi connectivity index (χ3n) is 3.48. The highest BCUT2D eigenvalue weighted by molar-refractivity contribution is 5.94. The summed E-state index contributed by atoms with van der Waals surface area (Å²) < 4.78 is 5.13. The van der Waals surface area contributed by atoms with E-state index < -0.39 is 0 Å². The van der Waals surface area contributed by atoms with Crippen LogP contribution in [0.2, 0.25) is 0 Å². The van der Waals surface area contributed by atoms with Gasteiger partial charge in [-0.15, -0.1) is 0 Å². The molecule has 132 valence electrons. The maximum Gasteiger partial charge on any atom is 0.243 e. The maximum atomic E-state index is 11.9. The standard InChI is InChI=1S/C18H17N5O3/c24-15(20-12-16(25)21-14-4-2-1-3-5-14)6-7-17-22-18(23-26-17)13-8-10-19-11-9-13/h1-5,8-11H,6-7,12H2,(H,20,24)(H,21,25). The van der Waals surface area contributed by atoms with Gasteiger partial charge in [0.15, 0.2) is 0 Å². The van der Waals surface area contributed by atoms with Crippen LogP contribution < -0.4 is 10.6 Å². The smallest absolute Gasteiger partial charge is 0.243 e. The average Bonchev–Trinajstić information content (AvgIpc) is 3.15. The van der Waals surface area contributed by atoms with Crippen LogP contribution in [0.1, 0.15) is 12.3 Å². The van der Waals surface area contributed by atoms with Crippen LogP contribution in [0.3, 0.4) is 0 Å². The van der Waals surface area contributed by atoms with Gasteiger partial charge in [0.2, 0.25) is 23.5 Å². The summed E-state index contributed by atoms with van der Waals surface area (Å²) in [6.45, 7) is -0.0974. The second kappa shape index (κ2) is 8.52. The lowest BCUT2D eigenvalue weighted by molar-refractivity contribution is -0.124. The van der Waals surface area contributed by atoms with Crippen molar-refractivity contribution >= 4 is 17.5 Å². The molecule has 0 saturated heterocycles. The normalized spacial score (nSPS) is 10.3. The van der Waals surface area contributed by atoms with Crippen LogP contribution >= 0.6 is 0 Å². The van der Waals surface area contributed by atoms with Gasteiger partial charge in [-0.25, -0.2) is 0 Å². The predicted octanol–water partition coefficient (Wildman–Crippen LogP) is 1.82. The first-order valence-electron chi connectivity index (χ1n) is 8.05. The molecule has 1 aromatic carbocycles. The van der Waals surface area contributed by atoms with E-state index >= 15 is 0 Å². The van der Waals surface area contributed by atoms with E-state index in [1.54, 1.807) is 36.7 Å². The number of nitrogens with one attached hydrogen (secondary N) is 2. The van der Waals surface area contributed by atoms with Crippen molar-refractivity contribution in [2.75, 3.05) is 11.9 Å². The molecule has 2 amide bonds. The summed E-state index contributed by atoms with van der Waals surface area (Å²) in [6.07, 6.45) is 3.72. The van der Waals surface area contributed by atoms with Crippen molar-refractivity contribution in [1.29, 1.82) is 0 Å². The Labute approximate surface area is 149 Å². The van der Waals surface area contributed by atoms with E-state index in [9.17, 15) is 9.59 Å². The Hall–Kier alpha value is -3.55. The molecule has 0 aliphatic heterocycles. The number of benzene rings is 1. The Kier molecular flexibility index (Phi) is 5.66. The van der Waals surface area contributed by atoms with Gasteiger partial charge in [-0.3, -0.25) is 14.6 Å². The van der Waals surface area contributed by atoms with E-state index in [2.05, 4.69) is 25.8 Å². The summed E-state index contributed by atoms with van der Waals surface area (Å²) in [5.41, 5.74) is 1.47. The number of amides is 2. The van der Waals surface area contributed by atoms with E-state index in [-0.39, 0.29) is 24.8 Å². The van der Waals surface area contributed by atoms with E-state index in [0.29, 0.717) is 23.8 Å². The zero-order valence-electron chi connectivity index (χ0n) is 13.9. The summed E-state index contributed by atoms with van der Waals surface area (Å²) >= 11 is 0. The van der Waals surface area contributed by atoms with Crippen molar-refractivity contribution in [3.05, 3.63) is 60.7 Å². The summed E-state index contributed by atoms with van der Waals surface area (Å²) in [6, 6.07) is 12.6. The number of para-hydroxylation sites is 1. The highest BCUT2D eigenvalue weighted by Crippen LogP contribution is 2.14. The SMILES string of the molecule is O=C(CCc1nc(-c2ccncc2)no1)NCC(=O)Nc1ccccc1. The number of aromatic nitrogens is 3. The predicted molar refractivity (Wildman–Crippen MR) is 93.9 cm³/mol. The van der Waals surface area contributed by atoms with Crippen molar-refractivity contribution in [1.82, 2.24) is 20.4 Å². The number of aryl methyl sites for hydroxylation is 1. The molecular weight excluding hydrogens is 334 g/mol. The molecule has 8 heteroatoms. The number of carbonyl (C=O) groups is 2. The van der Waals surface area contributed by atoms with Crippen LogP contribution in [-0.2, 0) is 16.0 Å². The molecule has 0 radical (unpaired) electrons. The monoisotopic (exact) mass is 351 g/mol. The minimum absolute atomic E-state index is 0.0974. The molecule has 3 aromatic rings. The molecule has 0 bridgehead atoms. The quantitative estimate of drug-likeness (QED) is 0.672.